The van der Waals surface area contributed by atoms with Crippen LogP contribution in [0, 0.1) is 12.7 Å². The molecule has 0 unspecified atom stereocenters. The smallest absolute Gasteiger partial charge is 0.132 e. The van der Waals surface area contributed by atoms with Gasteiger partial charge in [-0.3, -0.25) is 0 Å². The zero-order valence-electron chi connectivity index (χ0n) is 8.33. The summed E-state index contributed by atoms with van der Waals surface area (Å²) in [4.78, 5) is 4.99. The van der Waals surface area contributed by atoms with Crippen molar-refractivity contribution in [1.82, 2.24) is 4.98 Å². The quantitative estimate of drug-likeness (QED) is 0.848. The van der Waals surface area contributed by atoms with Gasteiger partial charge in [0.2, 0.25) is 0 Å². The molecule has 2 nitrogen and oxygen atoms in total. The highest BCUT2D eigenvalue weighted by Crippen LogP contribution is 2.29. The molecule has 1 aromatic carbocycles. The molecule has 0 radical (unpaired) electrons. The number of nitrogens with two attached hydrogens (primary N) is 1. The lowest BCUT2D eigenvalue weighted by atomic mass is 10.1. The maximum atomic E-state index is 13.7. The van der Waals surface area contributed by atoms with Gasteiger partial charge in [0.05, 0.1) is 16.1 Å². The number of aryl methyl sites for hydroxylation is 1. The van der Waals surface area contributed by atoms with E-state index in [1.54, 1.807) is 11.6 Å². The fourth-order valence-corrected chi connectivity index (χ4v) is 2.26. The van der Waals surface area contributed by atoms with Crippen LogP contribution in [0.25, 0.3) is 10.4 Å². The van der Waals surface area contributed by atoms with E-state index in [9.17, 15) is 4.39 Å². The first-order chi connectivity index (χ1) is 7.22. The Morgan fingerprint density at radius 3 is 2.80 bits per heavy atom. The summed E-state index contributed by atoms with van der Waals surface area (Å²) in [6.45, 7) is 2.24. The van der Waals surface area contributed by atoms with Gasteiger partial charge in [0.15, 0.2) is 0 Å². The molecule has 78 valence electrons. The summed E-state index contributed by atoms with van der Waals surface area (Å²) < 4.78 is 13.7. The molecule has 0 fully saturated rings. The molecule has 0 saturated heterocycles. The standard InChI is InChI=1S/C11H11FN2S/c1-7-11(15-6-14-7)9-3-2-8(5-13)4-10(9)12/h2-4,6H,5,13H2,1H3. The van der Waals surface area contributed by atoms with Crippen LogP contribution in [-0.4, -0.2) is 4.98 Å². The zero-order chi connectivity index (χ0) is 10.8. The molecule has 2 N–H and O–H groups in total. The predicted octanol–water partition coefficient (Wildman–Crippen LogP) is 2.72. The van der Waals surface area contributed by atoms with E-state index in [4.69, 9.17) is 5.73 Å². The lowest BCUT2D eigenvalue weighted by Crippen LogP contribution is -1.97. The van der Waals surface area contributed by atoms with E-state index in [0.717, 1.165) is 16.1 Å². The fourth-order valence-electron chi connectivity index (χ4n) is 1.43. The number of thiazole rings is 1. The molecule has 0 saturated carbocycles. The monoisotopic (exact) mass is 222 g/mol. The highest BCUT2D eigenvalue weighted by molar-refractivity contribution is 7.13. The second-order valence-electron chi connectivity index (χ2n) is 3.29. The largest absolute Gasteiger partial charge is 0.326 e. The molecule has 15 heavy (non-hydrogen) atoms. The van der Waals surface area contributed by atoms with Crippen LogP contribution in [0.1, 0.15) is 11.3 Å². The lowest BCUT2D eigenvalue weighted by Gasteiger charge is -2.03. The molecule has 0 atom stereocenters. The number of halogens is 1. The van der Waals surface area contributed by atoms with Gasteiger partial charge in [-0.1, -0.05) is 12.1 Å². The van der Waals surface area contributed by atoms with E-state index in [-0.39, 0.29) is 5.82 Å². The van der Waals surface area contributed by atoms with Crippen LogP contribution < -0.4 is 5.73 Å². The predicted molar refractivity (Wildman–Crippen MR) is 60.1 cm³/mol. The Labute approximate surface area is 91.6 Å². The molecule has 0 bridgehead atoms. The number of aromatic nitrogens is 1. The normalized spacial score (nSPS) is 10.6. The van der Waals surface area contributed by atoms with Crippen molar-refractivity contribution in [2.45, 2.75) is 13.5 Å². The number of nitrogens with zero attached hydrogens (tertiary/aromatic N) is 1. The molecule has 0 aliphatic rings. The van der Waals surface area contributed by atoms with Gasteiger partial charge in [0.1, 0.15) is 5.82 Å². The Morgan fingerprint density at radius 2 is 2.27 bits per heavy atom. The van der Waals surface area contributed by atoms with Gasteiger partial charge >= 0.3 is 0 Å². The third-order valence-corrected chi connectivity index (χ3v) is 3.22. The van der Waals surface area contributed by atoms with Crippen molar-refractivity contribution in [2.24, 2.45) is 5.73 Å². The summed E-state index contributed by atoms with van der Waals surface area (Å²) in [5.74, 6) is -0.231. The maximum absolute atomic E-state index is 13.7. The van der Waals surface area contributed by atoms with Gasteiger partial charge in [-0.25, -0.2) is 9.37 Å². The van der Waals surface area contributed by atoms with Gasteiger partial charge in [-0.05, 0) is 18.6 Å². The fraction of sp³-hybridized carbons (Fsp3) is 0.182. The number of hydrogen-bond donors (Lipinski definition) is 1. The van der Waals surface area contributed by atoms with Crippen LogP contribution >= 0.6 is 11.3 Å². The minimum absolute atomic E-state index is 0.231. The Morgan fingerprint density at radius 1 is 1.47 bits per heavy atom. The zero-order valence-corrected chi connectivity index (χ0v) is 9.14. The second-order valence-corrected chi connectivity index (χ2v) is 4.14. The van der Waals surface area contributed by atoms with Gasteiger partial charge < -0.3 is 5.73 Å². The highest BCUT2D eigenvalue weighted by Gasteiger charge is 2.10. The maximum Gasteiger partial charge on any atom is 0.132 e. The molecule has 0 spiro atoms. The molecular formula is C11H11FN2S. The summed E-state index contributed by atoms with van der Waals surface area (Å²) in [7, 11) is 0. The van der Waals surface area contributed by atoms with Crippen molar-refractivity contribution >= 4 is 11.3 Å². The minimum atomic E-state index is -0.231. The third-order valence-electron chi connectivity index (χ3n) is 2.26. The van der Waals surface area contributed by atoms with E-state index in [1.807, 2.05) is 13.0 Å². The third kappa shape index (κ3) is 1.91. The molecular weight excluding hydrogens is 211 g/mol. The molecule has 0 aliphatic carbocycles. The summed E-state index contributed by atoms with van der Waals surface area (Å²) in [5.41, 5.74) is 9.43. The average Bonchev–Trinajstić information content (AvgIpc) is 2.64. The Bertz CT molecular complexity index is 479. The van der Waals surface area contributed by atoms with Crippen molar-refractivity contribution in [2.75, 3.05) is 0 Å². The summed E-state index contributed by atoms with van der Waals surface area (Å²) in [6, 6.07) is 5.09. The first-order valence-electron chi connectivity index (χ1n) is 4.61. The first-order valence-corrected chi connectivity index (χ1v) is 5.49. The van der Waals surface area contributed by atoms with Crippen molar-refractivity contribution in [3.05, 3.63) is 40.8 Å². The van der Waals surface area contributed by atoms with Crippen LogP contribution in [0.4, 0.5) is 4.39 Å². The molecule has 1 heterocycles. The second kappa shape index (κ2) is 4.08. The van der Waals surface area contributed by atoms with Crippen molar-refractivity contribution < 1.29 is 4.39 Å². The first kappa shape index (κ1) is 10.3. The molecule has 0 amide bonds. The van der Waals surface area contributed by atoms with Crippen LogP contribution in [0.15, 0.2) is 23.7 Å². The average molecular weight is 222 g/mol. The summed E-state index contributed by atoms with van der Waals surface area (Å²) in [5, 5.41) is 0. The SMILES string of the molecule is Cc1ncsc1-c1ccc(CN)cc1F. The van der Waals surface area contributed by atoms with Crippen molar-refractivity contribution in [3.63, 3.8) is 0 Å². The van der Waals surface area contributed by atoms with Gasteiger partial charge in [0, 0.05) is 12.1 Å². The summed E-state index contributed by atoms with van der Waals surface area (Å²) in [6.07, 6.45) is 0. The van der Waals surface area contributed by atoms with Crippen LogP contribution in [0.2, 0.25) is 0 Å². The number of rotatable bonds is 2. The summed E-state index contributed by atoms with van der Waals surface area (Å²) >= 11 is 1.45. The van der Waals surface area contributed by atoms with E-state index < -0.39 is 0 Å². The van der Waals surface area contributed by atoms with Crippen LogP contribution in [-0.2, 0) is 6.54 Å². The van der Waals surface area contributed by atoms with E-state index >= 15 is 0 Å². The van der Waals surface area contributed by atoms with E-state index in [0.29, 0.717) is 12.1 Å². The minimum Gasteiger partial charge on any atom is -0.326 e. The van der Waals surface area contributed by atoms with Crippen molar-refractivity contribution in [1.29, 1.82) is 0 Å². The van der Waals surface area contributed by atoms with Gasteiger partial charge in [-0.15, -0.1) is 11.3 Å². The van der Waals surface area contributed by atoms with Crippen molar-refractivity contribution in [3.8, 4) is 10.4 Å². The van der Waals surface area contributed by atoms with Gasteiger partial charge in [0.25, 0.3) is 0 Å². The molecule has 2 aromatic rings. The topological polar surface area (TPSA) is 38.9 Å². The molecule has 2 rings (SSSR count). The molecule has 1 aromatic heterocycles. The Hall–Kier alpha value is -1.26. The molecule has 4 heteroatoms. The lowest BCUT2D eigenvalue weighted by molar-refractivity contribution is 0.629. The van der Waals surface area contributed by atoms with E-state index in [2.05, 4.69) is 4.98 Å². The highest BCUT2D eigenvalue weighted by atomic mass is 32.1. The van der Waals surface area contributed by atoms with E-state index in [1.165, 1.54) is 17.4 Å². The van der Waals surface area contributed by atoms with Gasteiger partial charge in [-0.2, -0.15) is 0 Å². The Kier molecular flexibility index (Phi) is 2.79. The van der Waals surface area contributed by atoms with Crippen LogP contribution in [0.3, 0.4) is 0 Å². The molecule has 0 aliphatic heterocycles. The Balaban J connectivity index is 2.50. The number of benzene rings is 1. The van der Waals surface area contributed by atoms with Crippen LogP contribution in [0.5, 0.6) is 0 Å². The number of hydrogen-bond acceptors (Lipinski definition) is 3.